The Morgan fingerprint density at radius 3 is 2.43 bits per heavy atom. The van der Waals surface area contributed by atoms with Crippen LogP contribution in [0, 0.1) is 0 Å². The van der Waals surface area contributed by atoms with E-state index in [4.69, 9.17) is 9.47 Å². The fraction of sp³-hybridized carbons (Fsp3) is 0.625. The maximum Gasteiger partial charge on any atom is 0.178 e. The first kappa shape index (κ1) is 16.5. The van der Waals surface area contributed by atoms with Crippen LogP contribution in [0.4, 0.5) is 0 Å². The van der Waals surface area contributed by atoms with Gasteiger partial charge >= 0.3 is 0 Å². The molecule has 1 aliphatic carbocycles. The molecule has 0 saturated carbocycles. The van der Waals surface area contributed by atoms with Crippen LogP contribution >= 0.6 is 0 Å². The van der Waals surface area contributed by atoms with Crippen LogP contribution < -0.4 is 0 Å². The molecule has 0 radical (unpaired) electrons. The van der Waals surface area contributed by atoms with Gasteiger partial charge in [-0.2, -0.15) is 0 Å². The van der Waals surface area contributed by atoms with E-state index < -0.39 is 16.1 Å². The molecule has 0 aromatic heterocycles. The first-order chi connectivity index (χ1) is 10.1. The summed E-state index contributed by atoms with van der Waals surface area (Å²) in [6.07, 6.45) is 3.09. The highest BCUT2D eigenvalue weighted by Crippen LogP contribution is 2.25. The molecule has 1 aromatic rings. The number of aryl methyl sites for hydroxylation is 2. The van der Waals surface area contributed by atoms with Gasteiger partial charge < -0.3 is 9.47 Å². The van der Waals surface area contributed by atoms with Gasteiger partial charge in [0.2, 0.25) is 0 Å². The van der Waals surface area contributed by atoms with Crippen molar-refractivity contribution < 1.29 is 17.9 Å². The predicted octanol–water partition coefficient (Wildman–Crippen LogP) is 2.74. The van der Waals surface area contributed by atoms with Crippen LogP contribution in [0.1, 0.15) is 37.8 Å². The van der Waals surface area contributed by atoms with Crippen LogP contribution in [0.2, 0.25) is 0 Å². The molecule has 0 fully saturated rings. The van der Waals surface area contributed by atoms with Gasteiger partial charge in [0.15, 0.2) is 16.1 Å². The Morgan fingerprint density at radius 2 is 1.76 bits per heavy atom. The summed E-state index contributed by atoms with van der Waals surface area (Å²) >= 11 is 0. The van der Waals surface area contributed by atoms with Crippen LogP contribution in [-0.2, 0) is 32.2 Å². The average molecular weight is 312 g/mol. The van der Waals surface area contributed by atoms with Gasteiger partial charge in [0, 0.05) is 19.6 Å². The Labute approximate surface area is 127 Å². The smallest absolute Gasteiger partial charge is 0.178 e. The molecule has 0 bridgehead atoms. The van der Waals surface area contributed by atoms with Crippen molar-refractivity contribution in [3.05, 3.63) is 29.3 Å². The molecule has 0 saturated heterocycles. The maximum absolute atomic E-state index is 12.4. The van der Waals surface area contributed by atoms with Gasteiger partial charge in [-0.05, 0) is 56.4 Å². The Hall–Kier alpha value is -0.910. The Morgan fingerprint density at radius 1 is 1.10 bits per heavy atom. The lowest BCUT2D eigenvalue weighted by molar-refractivity contribution is -0.136. The van der Waals surface area contributed by atoms with E-state index in [1.165, 1.54) is 11.1 Å². The number of hydrogen-bond donors (Lipinski definition) is 0. The summed E-state index contributed by atoms with van der Waals surface area (Å²) in [4.78, 5) is 0.426. The molecule has 4 nitrogen and oxygen atoms in total. The molecule has 21 heavy (non-hydrogen) atoms. The Bertz CT molecular complexity index is 560. The van der Waals surface area contributed by atoms with Crippen molar-refractivity contribution in [2.75, 3.05) is 19.0 Å². The number of ether oxygens (including phenoxy) is 2. The standard InChI is InChI=1S/C16H24O4S/c1-3-19-16(20-4-2)10-11-21(17,18)15-9-8-13-6-5-7-14(13)12-15/h8-9,12,16H,3-7,10-11H2,1-2H3. The summed E-state index contributed by atoms with van der Waals surface area (Å²) in [6, 6.07) is 5.53. The quantitative estimate of drug-likeness (QED) is 0.693. The third-order valence-corrected chi connectivity index (χ3v) is 5.50. The fourth-order valence-electron chi connectivity index (χ4n) is 2.70. The topological polar surface area (TPSA) is 52.6 Å². The van der Waals surface area contributed by atoms with E-state index >= 15 is 0 Å². The highest BCUT2D eigenvalue weighted by molar-refractivity contribution is 7.91. The van der Waals surface area contributed by atoms with Crippen molar-refractivity contribution in [1.82, 2.24) is 0 Å². The molecule has 5 heteroatoms. The number of benzene rings is 1. The highest BCUT2D eigenvalue weighted by atomic mass is 32.2. The first-order valence-corrected chi connectivity index (χ1v) is 9.29. The lowest BCUT2D eigenvalue weighted by Gasteiger charge is -2.16. The summed E-state index contributed by atoms with van der Waals surface area (Å²) in [5.74, 6) is 0.0520. The third kappa shape index (κ3) is 4.28. The van der Waals surface area contributed by atoms with Gasteiger partial charge in [-0.25, -0.2) is 8.42 Å². The maximum atomic E-state index is 12.4. The van der Waals surface area contributed by atoms with Crippen molar-refractivity contribution >= 4 is 9.84 Å². The molecule has 0 heterocycles. The van der Waals surface area contributed by atoms with E-state index in [0.717, 1.165) is 19.3 Å². The zero-order valence-corrected chi connectivity index (χ0v) is 13.6. The lowest BCUT2D eigenvalue weighted by atomic mass is 10.1. The average Bonchev–Trinajstić information content (AvgIpc) is 2.92. The molecular weight excluding hydrogens is 288 g/mol. The van der Waals surface area contributed by atoms with Crippen molar-refractivity contribution in [3.8, 4) is 0 Å². The summed E-state index contributed by atoms with van der Waals surface area (Å²) in [7, 11) is -3.27. The summed E-state index contributed by atoms with van der Waals surface area (Å²) in [6.45, 7) is 4.79. The van der Waals surface area contributed by atoms with E-state index in [1.54, 1.807) is 6.07 Å². The fourth-order valence-corrected chi connectivity index (χ4v) is 4.03. The van der Waals surface area contributed by atoms with Crippen LogP contribution in [0.25, 0.3) is 0 Å². The second-order valence-electron chi connectivity index (χ2n) is 5.23. The molecule has 0 amide bonds. The molecule has 0 aliphatic heterocycles. The highest BCUT2D eigenvalue weighted by Gasteiger charge is 2.20. The Kier molecular flexibility index (Phi) is 5.79. The normalized spacial score (nSPS) is 14.6. The van der Waals surface area contributed by atoms with Gasteiger partial charge in [-0.1, -0.05) is 6.07 Å². The van der Waals surface area contributed by atoms with Gasteiger partial charge in [-0.3, -0.25) is 0 Å². The van der Waals surface area contributed by atoms with Gasteiger partial charge in [-0.15, -0.1) is 0 Å². The second-order valence-corrected chi connectivity index (χ2v) is 7.34. The molecule has 118 valence electrons. The molecule has 1 aromatic carbocycles. The van der Waals surface area contributed by atoms with Crippen molar-refractivity contribution in [2.24, 2.45) is 0 Å². The van der Waals surface area contributed by atoms with Crippen LogP contribution in [-0.4, -0.2) is 33.7 Å². The molecule has 1 aliphatic rings. The van der Waals surface area contributed by atoms with Crippen LogP contribution in [0.3, 0.4) is 0 Å². The SMILES string of the molecule is CCOC(CCS(=O)(=O)c1ccc2c(c1)CCC2)OCC. The first-order valence-electron chi connectivity index (χ1n) is 7.64. The van der Waals surface area contributed by atoms with Gasteiger partial charge in [0.1, 0.15) is 0 Å². The summed E-state index contributed by atoms with van der Waals surface area (Å²) in [5.41, 5.74) is 2.47. The van der Waals surface area contributed by atoms with Gasteiger partial charge in [0.05, 0.1) is 10.6 Å². The van der Waals surface area contributed by atoms with E-state index in [9.17, 15) is 8.42 Å². The number of sulfone groups is 1. The van der Waals surface area contributed by atoms with E-state index in [-0.39, 0.29) is 5.75 Å². The van der Waals surface area contributed by atoms with Crippen molar-refractivity contribution in [1.29, 1.82) is 0 Å². The largest absolute Gasteiger partial charge is 0.353 e. The summed E-state index contributed by atoms with van der Waals surface area (Å²) in [5, 5.41) is 0. The zero-order chi connectivity index (χ0) is 15.3. The minimum atomic E-state index is -3.27. The monoisotopic (exact) mass is 312 g/mol. The van der Waals surface area contributed by atoms with Crippen LogP contribution in [0.15, 0.2) is 23.1 Å². The molecule has 0 unspecified atom stereocenters. The van der Waals surface area contributed by atoms with Crippen LogP contribution in [0.5, 0.6) is 0 Å². The van der Waals surface area contributed by atoms with E-state index in [1.807, 2.05) is 26.0 Å². The van der Waals surface area contributed by atoms with E-state index in [0.29, 0.717) is 24.5 Å². The lowest BCUT2D eigenvalue weighted by Crippen LogP contribution is -2.21. The minimum absolute atomic E-state index is 0.0520. The summed E-state index contributed by atoms with van der Waals surface area (Å²) < 4.78 is 35.7. The van der Waals surface area contributed by atoms with Gasteiger partial charge in [0.25, 0.3) is 0 Å². The minimum Gasteiger partial charge on any atom is -0.353 e. The zero-order valence-electron chi connectivity index (χ0n) is 12.8. The van der Waals surface area contributed by atoms with E-state index in [2.05, 4.69) is 0 Å². The third-order valence-electron chi connectivity index (χ3n) is 3.76. The number of hydrogen-bond acceptors (Lipinski definition) is 4. The number of rotatable bonds is 8. The number of fused-ring (bicyclic) bond motifs is 1. The molecular formula is C16H24O4S. The predicted molar refractivity (Wildman–Crippen MR) is 82.2 cm³/mol. The molecule has 0 atom stereocenters. The molecule has 0 N–H and O–H groups in total. The van der Waals surface area contributed by atoms with Crippen molar-refractivity contribution in [3.63, 3.8) is 0 Å². The second kappa shape index (κ2) is 7.38. The van der Waals surface area contributed by atoms with Crippen molar-refractivity contribution in [2.45, 2.75) is 50.7 Å². The molecule has 0 spiro atoms. The Balaban J connectivity index is 2.04. The molecule has 2 rings (SSSR count).